The Balaban J connectivity index is 2.02. The topological polar surface area (TPSA) is 0 Å². The van der Waals surface area contributed by atoms with Crippen molar-refractivity contribution in [3.8, 4) is 0 Å². The lowest BCUT2D eigenvalue weighted by atomic mass is 10.1. The molecule has 0 unspecified atom stereocenters. The normalized spacial score (nSPS) is 10.6. The summed E-state index contributed by atoms with van der Waals surface area (Å²) in [6, 6.07) is 13.2. The Morgan fingerprint density at radius 1 is 1.11 bits per heavy atom. The van der Waals surface area contributed by atoms with Crippen LogP contribution < -0.4 is 0 Å². The summed E-state index contributed by atoms with van der Waals surface area (Å²) in [7, 11) is 0. The second-order valence-electron chi connectivity index (χ2n) is 4.14. The van der Waals surface area contributed by atoms with E-state index in [-0.39, 0.29) is 5.82 Å². The molecule has 0 saturated heterocycles. The van der Waals surface area contributed by atoms with Crippen molar-refractivity contribution >= 4 is 23.4 Å². The van der Waals surface area contributed by atoms with Gasteiger partial charge in [-0.05, 0) is 47.9 Å². The van der Waals surface area contributed by atoms with Gasteiger partial charge in [0, 0.05) is 16.5 Å². The van der Waals surface area contributed by atoms with E-state index in [1.165, 1.54) is 16.5 Å². The third kappa shape index (κ3) is 3.50. The number of thioether (sulfide) groups is 1. The molecule has 2 rings (SSSR count). The molecule has 0 aliphatic carbocycles. The molecule has 0 radical (unpaired) electrons. The summed E-state index contributed by atoms with van der Waals surface area (Å²) in [5.41, 5.74) is 3.29. The second kappa shape index (κ2) is 6.26. The van der Waals surface area contributed by atoms with E-state index in [0.29, 0.717) is 5.88 Å². The molecule has 0 spiro atoms. The zero-order valence-electron chi connectivity index (χ0n) is 10.1. The molecular weight excluding hydrogens is 267 g/mol. The molecule has 0 saturated carbocycles. The van der Waals surface area contributed by atoms with E-state index >= 15 is 0 Å². The first-order valence-electron chi connectivity index (χ1n) is 5.72. The summed E-state index contributed by atoms with van der Waals surface area (Å²) in [5.74, 6) is 1.22. The van der Waals surface area contributed by atoms with Crippen molar-refractivity contribution in [1.29, 1.82) is 0 Å². The van der Waals surface area contributed by atoms with Crippen molar-refractivity contribution in [2.45, 2.75) is 23.5 Å². The van der Waals surface area contributed by atoms with Gasteiger partial charge in [0.2, 0.25) is 0 Å². The number of alkyl halides is 1. The van der Waals surface area contributed by atoms with Gasteiger partial charge in [-0.2, -0.15) is 0 Å². The molecule has 2 aromatic carbocycles. The Bertz CT molecular complexity index is 523. The van der Waals surface area contributed by atoms with Crippen LogP contribution in [0.3, 0.4) is 0 Å². The van der Waals surface area contributed by atoms with Gasteiger partial charge in [0.25, 0.3) is 0 Å². The SMILES string of the molecule is Cc1cc(F)ccc1CSc1ccc(CCl)cc1. The third-order valence-corrected chi connectivity index (χ3v) is 4.15. The highest BCUT2D eigenvalue weighted by Gasteiger charge is 2.01. The highest BCUT2D eigenvalue weighted by molar-refractivity contribution is 7.98. The fraction of sp³-hybridized carbons (Fsp3) is 0.200. The number of hydrogen-bond donors (Lipinski definition) is 0. The Morgan fingerprint density at radius 3 is 2.44 bits per heavy atom. The van der Waals surface area contributed by atoms with Crippen LogP contribution in [0.2, 0.25) is 0 Å². The number of rotatable bonds is 4. The van der Waals surface area contributed by atoms with Crippen molar-refractivity contribution in [3.63, 3.8) is 0 Å². The van der Waals surface area contributed by atoms with Gasteiger partial charge < -0.3 is 0 Å². The van der Waals surface area contributed by atoms with Crippen LogP contribution in [0, 0.1) is 12.7 Å². The summed E-state index contributed by atoms with van der Waals surface area (Å²) >= 11 is 7.49. The Kier molecular flexibility index (Phi) is 4.67. The first-order valence-corrected chi connectivity index (χ1v) is 7.24. The van der Waals surface area contributed by atoms with E-state index < -0.39 is 0 Å². The highest BCUT2D eigenvalue weighted by atomic mass is 35.5. The minimum atomic E-state index is -0.173. The third-order valence-electron chi connectivity index (χ3n) is 2.78. The van der Waals surface area contributed by atoms with Crippen LogP contribution in [-0.2, 0) is 11.6 Å². The predicted molar refractivity (Wildman–Crippen MR) is 76.7 cm³/mol. The van der Waals surface area contributed by atoms with E-state index in [1.807, 2.05) is 25.1 Å². The van der Waals surface area contributed by atoms with E-state index in [9.17, 15) is 4.39 Å². The summed E-state index contributed by atoms with van der Waals surface area (Å²) in [5, 5.41) is 0. The summed E-state index contributed by atoms with van der Waals surface area (Å²) < 4.78 is 13.0. The van der Waals surface area contributed by atoms with E-state index in [1.54, 1.807) is 17.8 Å². The monoisotopic (exact) mass is 280 g/mol. The first kappa shape index (κ1) is 13.4. The van der Waals surface area contributed by atoms with Crippen LogP contribution >= 0.6 is 23.4 Å². The Morgan fingerprint density at radius 2 is 1.83 bits per heavy atom. The van der Waals surface area contributed by atoms with Crippen LogP contribution in [0.1, 0.15) is 16.7 Å². The smallest absolute Gasteiger partial charge is 0.123 e. The molecule has 0 nitrogen and oxygen atoms in total. The van der Waals surface area contributed by atoms with Gasteiger partial charge in [0.1, 0.15) is 5.82 Å². The van der Waals surface area contributed by atoms with Crippen molar-refractivity contribution in [3.05, 3.63) is 65.0 Å². The maximum atomic E-state index is 13.0. The molecule has 0 bridgehead atoms. The van der Waals surface area contributed by atoms with Crippen LogP contribution in [0.4, 0.5) is 4.39 Å². The Labute approximate surface area is 116 Å². The maximum Gasteiger partial charge on any atom is 0.123 e. The minimum absolute atomic E-state index is 0.173. The highest BCUT2D eigenvalue weighted by Crippen LogP contribution is 2.25. The summed E-state index contributed by atoms with van der Waals surface area (Å²) in [6.45, 7) is 1.94. The average Bonchev–Trinajstić information content (AvgIpc) is 2.38. The summed E-state index contributed by atoms with van der Waals surface area (Å²) in [4.78, 5) is 1.20. The van der Waals surface area contributed by atoms with Crippen molar-refractivity contribution in [1.82, 2.24) is 0 Å². The van der Waals surface area contributed by atoms with Crippen LogP contribution in [0.5, 0.6) is 0 Å². The molecule has 94 valence electrons. The molecule has 0 N–H and O–H groups in total. The molecule has 0 heterocycles. The number of hydrogen-bond acceptors (Lipinski definition) is 1. The zero-order valence-corrected chi connectivity index (χ0v) is 11.7. The standard InChI is InChI=1S/C15H14ClFS/c1-11-8-14(17)5-4-13(11)10-18-15-6-2-12(9-16)3-7-15/h2-8H,9-10H2,1H3. The van der Waals surface area contributed by atoms with Crippen LogP contribution in [-0.4, -0.2) is 0 Å². The molecular formula is C15H14ClFS. The lowest BCUT2D eigenvalue weighted by molar-refractivity contribution is 0.626. The van der Waals surface area contributed by atoms with Gasteiger partial charge in [-0.1, -0.05) is 18.2 Å². The van der Waals surface area contributed by atoms with Gasteiger partial charge in [-0.15, -0.1) is 23.4 Å². The van der Waals surface area contributed by atoms with Crippen LogP contribution in [0.15, 0.2) is 47.4 Å². The molecule has 0 aliphatic rings. The van der Waals surface area contributed by atoms with Crippen LogP contribution in [0.25, 0.3) is 0 Å². The van der Waals surface area contributed by atoms with Gasteiger partial charge in [-0.3, -0.25) is 0 Å². The number of benzene rings is 2. The van der Waals surface area contributed by atoms with Gasteiger partial charge in [0.05, 0.1) is 0 Å². The fourth-order valence-corrected chi connectivity index (χ4v) is 2.81. The summed E-state index contributed by atoms with van der Waals surface area (Å²) in [6.07, 6.45) is 0. The fourth-order valence-electron chi connectivity index (χ4n) is 1.66. The largest absolute Gasteiger partial charge is 0.207 e. The predicted octanol–water partition coefficient (Wildman–Crippen LogP) is 5.17. The van der Waals surface area contributed by atoms with Gasteiger partial charge in [-0.25, -0.2) is 4.39 Å². The van der Waals surface area contributed by atoms with E-state index in [0.717, 1.165) is 16.9 Å². The van der Waals surface area contributed by atoms with Gasteiger partial charge in [0.15, 0.2) is 0 Å². The first-order chi connectivity index (χ1) is 8.69. The quantitative estimate of drug-likeness (QED) is 0.550. The number of halogens is 2. The molecule has 3 heteroatoms. The van der Waals surface area contributed by atoms with Crippen molar-refractivity contribution < 1.29 is 4.39 Å². The molecule has 0 amide bonds. The van der Waals surface area contributed by atoms with Crippen molar-refractivity contribution in [2.24, 2.45) is 0 Å². The second-order valence-corrected chi connectivity index (χ2v) is 5.45. The maximum absolute atomic E-state index is 13.0. The number of aryl methyl sites for hydroxylation is 1. The molecule has 0 aromatic heterocycles. The average molecular weight is 281 g/mol. The molecule has 18 heavy (non-hydrogen) atoms. The molecule has 0 atom stereocenters. The van der Waals surface area contributed by atoms with Crippen molar-refractivity contribution in [2.75, 3.05) is 0 Å². The lowest BCUT2D eigenvalue weighted by Crippen LogP contribution is -1.88. The Hall–Kier alpha value is -0.990. The lowest BCUT2D eigenvalue weighted by Gasteiger charge is -2.06. The zero-order chi connectivity index (χ0) is 13.0. The minimum Gasteiger partial charge on any atom is -0.207 e. The molecule has 0 fully saturated rings. The molecule has 2 aromatic rings. The van der Waals surface area contributed by atoms with E-state index in [4.69, 9.17) is 11.6 Å². The van der Waals surface area contributed by atoms with Gasteiger partial charge >= 0.3 is 0 Å². The van der Waals surface area contributed by atoms with E-state index in [2.05, 4.69) is 12.1 Å². The molecule has 0 aliphatic heterocycles.